The summed E-state index contributed by atoms with van der Waals surface area (Å²) >= 11 is 13.7. The summed E-state index contributed by atoms with van der Waals surface area (Å²) in [6, 6.07) is 11.6. The van der Waals surface area contributed by atoms with E-state index >= 15 is 13.6 Å². The van der Waals surface area contributed by atoms with Gasteiger partial charge in [0.2, 0.25) is 11.8 Å². The fraction of sp³-hybridized carbons (Fsp3) is 0.594. The molecule has 92 heavy (non-hydrogen) atoms. The molecule has 7 aliphatic rings. The third-order valence-electron chi connectivity index (χ3n) is 22.4. The lowest BCUT2D eigenvalue weighted by Gasteiger charge is -2.42. The number of ether oxygens (including phenoxy) is 3. The van der Waals surface area contributed by atoms with E-state index in [1.54, 1.807) is 11.0 Å². The van der Waals surface area contributed by atoms with Crippen LogP contribution in [0, 0.1) is 49.0 Å². The number of hydrogen-bond donors (Lipinski definition) is 0. The van der Waals surface area contributed by atoms with Crippen LogP contribution in [0.5, 0.6) is 0 Å². The molecular weight excluding hydrogens is 1220 g/mol. The smallest absolute Gasteiger partial charge is 0.227 e. The van der Waals surface area contributed by atoms with Gasteiger partial charge in [-0.15, -0.1) is 0 Å². The van der Waals surface area contributed by atoms with Crippen LogP contribution in [0.25, 0.3) is 0 Å². The Kier molecular flexibility index (Phi) is 17.1. The molecule has 6 aliphatic heterocycles. The van der Waals surface area contributed by atoms with Crippen molar-refractivity contribution in [1.82, 2.24) is 59.1 Å². The van der Waals surface area contributed by atoms with Crippen LogP contribution < -0.4 is 0 Å². The second-order valence-corrected chi connectivity index (χ2v) is 29.8. The third-order valence-corrected chi connectivity index (χ3v) is 23.1. The molecule has 2 spiro atoms. The minimum absolute atomic E-state index is 0.0344. The highest BCUT2D eigenvalue weighted by Gasteiger charge is 2.58. The molecule has 13 rings (SSSR count). The van der Waals surface area contributed by atoms with Gasteiger partial charge in [0.15, 0.2) is 0 Å². The number of carbonyl (C=O) groups excluding carboxylic acids is 2. The fourth-order valence-electron chi connectivity index (χ4n) is 16.8. The van der Waals surface area contributed by atoms with Gasteiger partial charge < -0.3 is 28.9 Å². The molecule has 4 aromatic heterocycles. The molecule has 17 nitrogen and oxygen atoms in total. The minimum atomic E-state index is -0.862. The Morgan fingerprint density at radius 3 is 1.66 bits per heavy atom. The molecule has 2 aromatic carbocycles. The lowest BCUT2D eigenvalue weighted by atomic mass is 9.80. The number of pyridine rings is 2. The molecule has 6 aromatic rings. The van der Waals surface area contributed by atoms with Gasteiger partial charge >= 0.3 is 0 Å². The maximum Gasteiger partial charge on any atom is 0.227 e. The van der Waals surface area contributed by atoms with E-state index < -0.39 is 86.7 Å². The van der Waals surface area contributed by atoms with Crippen LogP contribution in [0.15, 0.2) is 61.2 Å². The molecule has 5 fully saturated rings. The molecule has 492 valence electrons. The first-order valence-electron chi connectivity index (χ1n) is 32.7. The molecule has 10 heterocycles. The van der Waals surface area contributed by atoms with E-state index in [4.69, 9.17) is 57.5 Å². The third kappa shape index (κ3) is 11.3. The average molecular weight is 1310 g/mol. The monoisotopic (exact) mass is 1310 g/mol. The van der Waals surface area contributed by atoms with E-state index in [1.807, 2.05) is 47.5 Å². The van der Waals surface area contributed by atoms with Gasteiger partial charge in [-0.3, -0.25) is 29.1 Å². The molecule has 0 radical (unpaired) electrons. The lowest BCUT2D eigenvalue weighted by molar-refractivity contribution is -0.152. The van der Waals surface area contributed by atoms with E-state index in [-0.39, 0.29) is 17.9 Å². The number of rotatable bonds is 14. The van der Waals surface area contributed by atoms with Crippen molar-refractivity contribution in [3.63, 3.8) is 0 Å². The zero-order valence-corrected chi connectivity index (χ0v) is 55.8. The van der Waals surface area contributed by atoms with Crippen molar-refractivity contribution in [2.45, 2.75) is 183 Å². The number of benzene rings is 2. The van der Waals surface area contributed by atoms with Crippen LogP contribution in [-0.4, -0.2) is 148 Å². The molecule has 4 saturated heterocycles. The number of aryl methyl sites for hydroxylation is 4. The van der Waals surface area contributed by atoms with E-state index in [2.05, 4.69) is 68.5 Å². The van der Waals surface area contributed by atoms with Gasteiger partial charge in [0.05, 0.1) is 61.8 Å². The molecule has 2 amide bonds. The SMILES string of the molecule is Cc1nc2c(cc1Cl)C(C(C)(C)c1ncnn1C)OC21CCN(C(=O)[C@@H]2CN(C(C)(C)CCn3ncnc3C(C)(C)C3OC4(CCN(C(=O)[C@@H]5CC(N(C)C6CCOCC6)C[C@H]5c5ccc(F)cc5F)CC4)c4nc(C)c(Cl)cc43)C[C@H]2c2ccc(F)cc2F)CC1. The van der Waals surface area contributed by atoms with Crippen molar-refractivity contribution in [2.75, 3.05) is 59.5 Å². The summed E-state index contributed by atoms with van der Waals surface area (Å²) in [6.07, 6.45) is 7.42. The summed E-state index contributed by atoms with van der Waals surface area (Å²) in [7, 11) is 3.96. The summed E-state index contributed by atoms with van der Waals surface area (Å²) in [5.74, 6) is -3.48. The molecule has 0 N–H and O–H groups in total. The first kappa shape index (κ1) is 64.8. The van der Waals surface area contributed by atoms with E-state index in [1.165, 1.54) is 30.6 Å². The summed E-state index contributed by atoms with van der Waals surface area (Å²) in [4.78, 5) is 58.4. The number of hydrogen-bond acceptors (Lipinski definition) is 13. The van der Waals surface area contributed by atoms with Crippen molar-refractivity contribution in [3.05, 3.63) is 151 Å². The average Bonchev–Trinajstić information content (AvgIpc) is 1.57. The number of carbonyl (C=O) groups is 2. The summed E-state index contributed by atoms with van der Waals surface area (Å²) < 4.78 is 84.7. The van der Waals surface area contributed by atoms with Gasteiger partial charge in [0, 0.05) is 119 Å². The maximum absolute atomic E-state index is 16.1. The molecule has 3 unspecified atom stereocenters. The summed E-state index contributed by atoms with van der Waals surface area (Å²) in [5, 5.41) is 10.2. The maximum atomic E-state index is 16.1. The predicted molar refractivity (Wildman–Crippen MR) is 338 cm³/mol. The van der Waals surface area contributed by atoms with Gasteiger partial charge in [-0.2, -0.15) is 10.2 Å². The fourth-order valence-corrected chi connectivity index (χ4v) is 17.2. The Labute approximate surface area is 545 Å². The predicted octanol–water partition coefficient (Wildman–Crippen LogP) is 11.7. The second-order valence-electron chi connectivity index (χ2n) is 28.9. The van der Waals surface area contributed by atoms with Crippen LogP contribution in [0.4, 0.5) is 17.6 Å². The second kappa shape index (κ2) is 24.4. The number of aromatic nitrogens is 8. The lowest BCUT2D eigenvalue weighted by Crippen LogP contribution is -2.49. The molecule has 0 bridgehead atoms. The minimum Gasteiger partial charge on any atom is -0.381 e. The first-order valence-corrected chi connectivity index (χ1v) is 33.4. The number of amides is 2. The van der Waals surface area contributed by atoms with Crippen LogP contribution in [-0.2, 0) is 59.4 Å². The van der Waals surface area contributed by atoms with E-state index in [0.29, 0.717) is 148 Å². The standard InChI is InChI=1S/C69H84Cl2F4N12O5/c1-39-53(70)33-49-57(80-39)68(91-59(49)66(5,6)63-76-37-78-83(63)10)20-24-85(25-21-68)62(89)52-36-86(35-51(52)46-14-12-42(73)30-56(46)75)65(3,4)17-26-87-64(77-38-79-87)67(7,8)60-50-34-54(71)40(2)81-58(50)69(92-60)18-22-84(23-19-69)61(88)48-32-44(82(9)43-15-27-90-28-16-43)31-47(48)45-13-11-41(72)29-55(45)74/h11-14,29-30,33-34,37-38,43-44,47-48,51-52,59-60H,15-28,31-32,35-36H2,1-10H3/t44?,47-,48+,51-,52+,59?,60?/m0/s1. The van der Waals surface area contributed by atoms with Crippen molar-refractivity contribution in [1.29, 1.82) is 0 Å². The number of fused-ring (bicyclic) bond motifs is 4. The van der Waals surface area contributed by atoms with Crippen molar-refractivity contribution in [3.8, 4) is 0 Å². The highest BCUT2D eigenvalue weighted by atomic mass is 35.5. The van der Waals surface area contributed by atoms with E-state index in [9.17, 15) is 13.6 Å². The largest absolute Gasteiger partial charge is 0.381 e. The molecule has 7 atom stereocenters. The van der Waals surface area contributed by atoms with Crippen molar-refractivity contribution in [2.24, 2.45) is 18.9 Å². The molecular formula is C69H84Cl2F4N12O5. The molecule has 23 heteroatoms. The summed E-state index contributed by atoms with van der Waals surface area (Å²) in [5.41, 5.74) is 1.74. The Hall–Kier alpha value is -5.94. The number of likely N-dealkylation sites (tertiary alicyclic amines) is 3. The zero-order chi connectivity index (χ0) is 65.1. The van der Waals surface area contributed by atoms with E-state index in [0.717, 1.165) is 53.3 Å². The highest BCUT2D eigenvalue weighted by Crippen LogP contribution is 2.58. The topological polar surface area (TPSA) is 162 Å². The van der Waals surface area contributed by atoms with Gasteiger partial charge in [-0.1, -0.05) is 35.3 Å². The quantitative estimate of drug-likeness (QED) is 0.0948. The Morgan fingerprint density at radius 1 is 0.641 bits per heavy atom. The number of halogens is 6. The highest BCUT2D eigenvalue weighted by molar-refractivity contribution is 6.31. The van der Waals surface area contributed by atoms with Crippen LogP contribution in [0.2, 0.25) is 10.0 Å². The summed E-state index contributed by atoms with van der Waals surface area (Å²) in [6.45, 7) is 20.4. The van der Waals surface area contributed by atoms with Crippen LogP contribution >= 0.6 is 23.2 Å². The van der Waals surface area contributed by atoms with Crippen LogP contribution in [0.1, 0.15) is 180 Å². The number of piperidine rings is 2. The van der Waals surface area contributed by atoms with Gasteiger partial charge in [-0.25, -0.2) is 32.2 Å². The Balaban J connectivity index is 0.706. The van der Waals surface area contributed by atoms with Gasteiger partial charge in [-0.05, 0) is 162 Å². The zero-order valence-electron chi connectivity index (χ0n) is 54.3. The normalized spacial score (nSPS) is 25.2. The molecule has 1 aliphatic carbocycles. The Bertz CT molecular complexity index is 3800. The number of nitrogens with zero attached hydrogens (tertiary/aromatic N) is 12. The van der Waals surface area contributed by atoms with Crippen LogP contribution in [0.3, 0.4) is 0 Å². The molecule has 1 saturated carbocycles. The van der Waals surface area contributed by atoms with Crippen molar-refractivity contribution < 1.29 is 41.4 Å². The van der Waals surface area contributed by atoms with Gasteiger partial charge in [0.1, 0.15) is 58.8 Å². The Morgan fingerprint density at radius 2 is 1.14 bits per heavy atom. The first-order chi connectivity index (χ1) is 43.7. The van der Waals surface area contributed by atoms with Crippen molar-refractivity contribution >= 4 is 35.0 Å². The van der Waals surface area contributed by atoms with Gasteiger partial charge in [0.25, 0.3) is 0 Å².